The van der Waals surface area contributed by atoms with Gasteiger partial charge >= 0.3 is 0 Å². The number of aliphatic hydroxyl groups is 1. The van der Waals surface area contributed by atoms with E-state index in [2.05, 4.69) is 35.1 Å². The number of aliphatic hydroxyl groups excluding tert-OH is 1. The van der Waals surface area contributed by atoms with Crippen molar-refractivity contribution in [3.63, 3.8) is 0 Å². The molecule has 1 aliphatic rings. The molecule has 1 fully saturated rings. The molecule has 2 atom stereocenters. The minimum Gasteiger partial charge on any atom is -0.395 e. The van der Waals surface area contributed by atoms with Crippen LogP contribution in [-0.4, -0.2) is 35.7 Å². The van der Waals surface area contributed by atoms with E-state index in [0.717, 1.165) is 18.7 Å². The van der Waals surface area contributed by atoms with E-state index in [1.165, 1.54) is 11.3 Å². The highest BCUT2D eigenvalue weighted by Crippen LogP contribution is 2.27. The van der Waals surface area contributed by atoms with Crippen molar-refractivity contribution in [2.75, 3.05) is 19.7 Å². The maximum absolute atomic E-state index is 9.43. The predicted molar refractivity (Wildman–Crippen MR) is 75.3 cm³/mol. The third kappa shape index (κ3) is 3.12. The van der Waals surface area contributed by atoms with Gasteiger partial charge in [0, 0.05) is 28.4 Å². The predicted octanol–water partition coefficient (Wildman–Crippen LogP) is 1.26. The Hall–Kier alpha value is -0.860. The standard InChI is InChI=1S/C14H20N2OS/c1-11-4-6-16(14(11)9-17)8-13-7-12(10-18-13)3-2-5-15/h7,10-11,14,17H,4-6,8-9,15H2,1H3. The van der Waals surface area contributed by atoms with Crippen LogP contribution in [0.5, 0.6) is 0 Å². The average Bonchev–Trinajstić information content (AvgIpc) is 2.95. The normalized spacial score (nSPS) is 23.9. The lowest BCUT2D eigenvalue weighted by molar-refractivity contribution is 0.135. The van der Waals surface area contributed by atoms with Crippen molar-refractivity contribution in [2.24, 2.45) is 11.7 Å². The Balaban J connectivity index is 1.99. The second-order valence-electron chi connectivity index (χ2n) is 4.79. The van der Waals surface area contributed by atoms with Crippen LogP contribution in [0.15, 0.2) is 11.4 Å². The van der Waals surface area contributed by atoms with Crippen molar-refractivity contribution < 1.29 is 5.11 Å². The smallest absolute Gasteiger partial charge is 0.0589 e. The Morgan fingerprint density at radius 3 is 3.17 bits per heavy atom. The van der Waals surface area contributed by atoms with Crippen LogP contribution in [0.1, 0.15) is 23.8 Å². The summed E-state index contributed by atoms with van der Waals surface area (Å²) in [5, 5.41) is 11.5. The Kier molecular flexibility index (Phi) is 4.79. The van der Waals surface area contributed by atoms with Crippen LogP contribution >= 0.6 is 11.3 Å². The lowest BCUT2D eigenvalue weighted by Crippen LogP contribution is -2.34. The average molecular weight is 264 g/mol. The highest BCUT2D eigenvalue weighted by molar-refractivity contribution is 7.10. The molecule has 0 bridgehead atoms. The van der Waals surface area contributed by atoms with Gasteiger partial charge in [0.05, 0.1) is 13.2 Å². The zero-order chi connectivity index (χ0) is 13.0. The highest BCUT2D eigenvalue weighted by Gasteiger charge is 2.30. The summed E-state index contributed by atoms with van der Waals surface area (Å²) < 4.78 is 0. The fourth-order valence-corrected chi connectivity index (χ4v) is 3.30. The number of rotatable bonds is 3. The molecule has 0 aliphatic carbocycles. The molecule has 0 spiro atoms. The van der Waals surface area contributed by atoms with Crippen LogP contribution in [0.25, 0.3) is 0 Å². The van der Waals surface area contributed by atoms with Crippen molar-refractivity contribution in [1.29, 1.82) is 0 Å². The van der Waals surface area contributed by atoms with Gasteiger partial charge in [-0.3, -0.25) is 4.90 Å². The number of hydrogen-bond donors (Lipinski definition) is 2. The summed E-state index contributed by atoms with van der Waals surface area (Å²) in [6.07, 6.45) is 1.18. The van der Waals surface area contributed by atoms with Crippen LogP contribution in [0.2, 0.25) is 0 Å². The molecule has 0 radical (unpaired) electrons. The molecule has 18 heavy (non-hydrogen) atoms. The minimum atomic E-state index is 0.256. The van der Waals surface area contributed by atoms with Crippen LogP contribution in [0.3, 0.4) is 0 Å². The van der Waals surface area contributed by atoms with Crippen molar-refractivity contribution in [1.82, 2.24) is 4.90 Å². The Bertz CT molecular complexity index is 446. The van der Waals surface area contributed by atoms with Gasteiger partial charge in [0.15, 0.2) is 0 Å². The molecule has 0 amide bonds. The van der Waals surface area contributed by atoms with Gasteiger partial charge in [0.1, 0.15) is 0 Å². The summed E-state index contributed by atoms with van der Waals surface area (Å²) in [6, 6.07) is 2.44. The first kappa shape index (κ1) is 13.6. The second kappa shape index (κ2) is 6.35. The second-order valence-corrected chi connectivity index (χ2v) is 5.79. The van der Waals surface area contributed by atoms with Gasteiger partial charge in [-0.2, -0.15) is 0 Å². The lowest BCUT2D eigenvalue weighted by atomic mass is 10.0. The summed E-state index contributed by atoms with van der Waals surface area (Å²) in [6.45, 7) is 4.87. The zero-order valence-electron chi connectivity index (χ0n) is 10.7. The number of hydrogen-bond acceptors (Lipinski definition) is 4. The van der Waals surface area contributed by atoms with Crippen molar-refractivity contribution in [2.45, 2.75) is 25.9 Å². The van der Waals surface area contributed by atoms with E-state index < -0.39 is 0 Å². The maximum Gasteiger partial charge on any atom is 0.0589 e. The maximum atomic E-state index is 9.43. The molecule has 1 aliphatic heterocycles. The van der Waals surface area contributed by atoms with Crippen LogP contribution in [0.4, 0.5) is 0 Å². The largest absolute Gasteiger partial charge is 0.395 e. The molecule has 1 aromatic heterocycles. The summed E-state index contributed by atoms with van der Waals surface area (Å²) in [5.41, 5.74) is 6.41. The molecule has 2 rings (SSSR count). The monoisotopic (exact) mass is 264 g/mol. The Morgan fingerprint density at radius 1 is 1.61 bits per heavy atom. The van der Waals surface area contributed by atoms with E-state index >= 15 is 0 Å². The SMILES string of the molecule is CC1CCN(Cc2cc(C#CCN)cs2)C1CO. The van der Waals surface area contributed by atoms with E-state index in [-0.39, 0.29) is 6.61 Å². The molecule has 0 saturated carbocycles. The first-order chi connectivity index (χ1) is 8.74. The molecule has 3 N–H and O–H groups in total. The fourth-order valence-electron chi connectivity index (χ4n) is 2.46. The van der Waals surface area contributed by atoms with E-state index in [1.54, 1.807) is 11.3 Å². The van der Waals surface area contributed by atoms with E-state index in [4.69, 9.17) is 5.73 Å². The molecular formula is C14H20N2OS. The van der Waals surface area contributed by atoms with E-state index in [0.29, 0.717) is 18.5 Å². The van der Waals surface area contributed by atoms with Gasteiger partial charge in [-0.25, -0.2) is 0 Å². The topological polar surface area (TPSA) is 49.5 Å². The summed E-state index contributed by atoms with van der Waals surface area (Å²) in [5.74, 6) is 6.51. The van der Waals surface area contributed by atoms with Crippen molar-refractivity contribution in [3.05, 3.63) is 21.9 Å². The number of nitrogens with two attached hydrogens (primary N) is 1. The van der Waals surface area contributed by atoms with Gasteiger partial charge in [0.2, 0.25) is 0 Å². The van der Waals surface area contributed by atoms with E-state index in [9.17, 15) is 5.11 Å². The molecule has 1 saturated heterocycles. The van der Waals surface area contributed by atoms with Gasteiger partial charge in [-0.15, -0.1) is 11.3 Å². The first-order valence-corrected chi connectivity index (χ1v) is 7.23. The number of thiophene rings is 1. The molecule has 1 aromatic rings. The number of likely N-dealkylation sites (tertiary alicyclic amines) is 1. The first-order valence-electron chi connectivity index (χ1n) is 6.36. The Labute approximate surface area is 113 Å². The quantitative estimate of drug-likeness (QED) is 0.808. The molecule has 4 heteroatoms. The molecule has 3 nitrogen and oxygen atoms in total. The summed E-state index contributed by atoms with van der Waals surface area (Å²) >= 11 is 1.73. The third-order valence-electron chi connectivity index (χ3n) is 3.53. The van der Waals surface area contributed by atoms with Crippen molar-refractivity contribution >= 4 is 11.3 Å². The van der Waals surface area contributed by atoms with Gasteiger partial charge < -0.3 is 10.8 Å². The summed E-state index contributed by atoms with van der Waals surface area (Å²) in [7, 11) is 0. The van der Waals surface area contributed by atoms with Gasteiger partial charge in [-0.1, -0.05) is 18.8 Å². The minimum absolute atomic E-state index is 0.256. The highest BCUT2D eigenvalue weighted by atomic mass is 32.1. The van der Waals surface area contributed by atoms with Crippen LogP contribution < -0.4 is 5.73 Å². The number of nitrogens with zero attached hydrogens (tertiary/aromatic N) is 1. The zero-order valence-corrected chi connectivity index (χ0v) is 11.5. The third-order valence-corrected chi connectivity index (χ3v) is 4.45. The molecule has 0 aromatic carbocycles. The fraction of sp³-hybridized carbons (Fsp3) is 0.571. The summed E-state index contributed by atoms with van der Waals surface area (Å²) in [4.78, 5) is 3.68. The molecule has 98 valence electrons. The van der Waals surface area contributed by atoms with Crippen molar-refractivity contribution in [3.8, 4) is 11.8 Å². The van der Waals surface area contributed by atoms with Crippen LogP contribution in [0, 0.1) is 17.8 Å². The van der Waals surface area contributed by atoms with Gasteiger partial charge in [-0.05, 0) is 24.9 Å². The Morgan fingerprint density at radius 2 is 2.44 bits per heavy atom. The van der Waals surface area contributed by atoms with Crippen LogP contribution in [-0.2, 0) is 6.54 Å². The molecule has 2 heterocycles. The molecular weight excluding hydrogens is 244 g/mol. The molecule has 2 unspecified atom stereocenters. The van der Waals surface area contributed by atoms with E-state index in [1.807, 2.05) is 0 Å². The van der Waals surface area contributed by atoms with Gasteiger partial charge in [0.25, 0.3) is 0 Å². The lowest BCUT2D eigenvalue weighted by Gasteiger charge is -2.24.